The van der Waals surface area contributed by atoms with Gasteiger partial charge in [0, 0.05) is 11.3 Å². The Morgan fingerprint density at radius 2 is 1.77 bits per heavy atom. The maximum atomic E-state index is 14.7. The van der Waals surface area contributed by atoms with Crippen LogP contribution in [-0.2, 0) is 19.1 Å². The lowest BCUT2D eigenvalue weighted by Crippen LogP contribution is -2.54. The zero-order valence-electron chi connectivity index (χ0n) is 21.4. The number of fused-ring (bicyclic) bond motifs is 2. The van der Waals surface area contributed by atoms with E-state index in [2.05, 4.69) is 0 Å². The number of benzene rings is 2. The molecule has 2 fully saturated rings. The Morgan fingerprint density at radius 3 is 2.51 bits per heavy atom. The van der Waals surface area contributed by atoms with Crippen molar-refractivity contribution in [3.8, 4) is 0 Å². The molecule has 2 amide bonds. The van der Waals surface area contributed by atoms with Gasteiger partial charge >= 0.3 is 5.97 Å². The number of hydrogen-bond acceptors (Lipinski definition) is 6. The minimum Gasteiger partial charge on any atom is -0.465 e. The fourth-order valence-corrected chi connectivity index (χ4v) is 9.06. The first-order valence-corrected chi connectivity index (χ1v) is 14.3. The summed E-state index contributed by atoms with van der Waals surface area (Å²) < 4.78 is 3.79. The van der Waals surface area contributed by atoms with Crippen molar-refractivity contribution in [2.75, 3.05) is 24.7 Å². The van der Waals surface area contributed by atoms with Crippen LogP contribution in [0.4, 0.5) is 5.69 Å². The number of amides is 2. The van der Waals surface area contributed by atoms with Crippen LogP contribution >= 0.6 is 23.4 Å². The summed E-state index contributed by atoms with van der Waals surface area (Å²) in [6.07, 6.45) is 8.41. The molecule has 9 heteroatoms. The average Bonchev–Trinajstić information content (AvgIpc) is 3.24. The van der Waals surface area contributed by atoms with Crippen LogP contribution in [0, 0.1) is 11.8 Å². The summed E-state index contributed by atoms with van der Waals surface area (Å²) in [6, 6.07) is 14.6. The average molecular weight is 565 g/mol. The topological polar surface area (TPSA) is 87.1 Å². The first-order chi connectivity index (χ1) is 18.8. The van der Waals surface area contributed by atoms with E-state index in [1.807, 2.05) is 67.6 Å². The van der Waals surface area contributed by atoms with E-state index in [9.17, 15) is 19.5 Å². The van der Waals surface area contributed by atoms with Gasteiger partial charge in [-0.15, -0.1) is 11.8 Å². The second-order valence-corrected chi connectivity index (χ2v) is 12.7. The molecule has 0 aliphatic carbocycles. The van der Waals surface area contributed by atoms with Gasteiger partial charge in [0.15, 0.2) is 0 Å². The van der Waals surface area contributed by atoms with Crippen molar-refractivity contribution in [1.29, 1.82) is 0 Å². The summed E-state index contributed by atoms with van der Waals surface area (Å²) in [5, 5.41) is 11.1. The fraction of sp³-hybridized carbons (Fsp3) is 0.367. The molecule has 7 nitrogen and oxygen atoms in total. The van der Waals surface area contributed by atoms with Crippen molar-refractivity contribution in [1.82, 2.24) is 4.90 Å². The van der Waals surface area contributed by atoms with Crippen molar-refractivity contribution < 1.29 is 24.2 Å². The lowest BCUT2D eigenvalue weighted by molar-refractivity contribution is -0.154. The molecule has 4 aliphatic heterocycles. The number of halogens is 1. The molecule has 6 rings (SSSR count). The van der Waals surface area contributed by atoms with E-state index in [1.54, 1.807) is 23.1 Å². The highest BCUT2D eigenvalue weighted by molar-refractivity contribution is 8.02. The molecule has 0 aromatic heterocycles. The van der Waals surface area contributed by atoms with Crippen LogP contribution in [0.25, 0.3) is 0 Å². The zero-order chi connectivity index (χ0) is 27.4. The zero-order valence-corrected chi connectivity index (χ0v) is 23.0. The largest absolute Gasteiger partial charge is 0.465 e. The van der Waals surface area contributed by atoms with E-state index in [4.69, 9.17) is 16.3 Å². The number of thioether (sulfide) groups is 1. The van der Waals surface area contributed by atoms with Crippen LogP contribution in [0.15, 0.2) is 78.9 Å². The monoisotopic (exact) mass is 564 g/mol. The maximum absolute atomic E-state index is 14.7. The van der Waals surface area contributed by atoms with E-state index in [1.165, 1.54) is 16.7 Å². The molecular formula is C30H29ClN2O5S. The molecule has 0 saturated carbocycles. The summed E-state index contributed by atoms with van der Waals surface area (Å²) in [5.74, 6) is -2.72. The molecular weight excluding hydrogens is 536 g/mol. The lowest BCUT2D eigenvalue weighted by atomic mass is 9.74. The van der Waals surface area contributed by atoms with Crippen LogP contribution < -0.4 is 4.90 Å². The predicted molar refractivity (Wildman–Crippen MR) is 150 cm³/mol. The van der Waals surface area contributed by atoms with E-state index < -0.39 is 39.4 Å². The quantitative estimate of drug-likeness (QED) is 0.443. The van der Waals surface area contributed by atoms with Crippen molar-refractivity contribution in [2.24, 2.45) is 11.8 Å². The highest BCUT2D eigenvalue weighted by Gasteiger charge is 2.74. The van der Waals surface area contributed by atoms with Crippen molar-refractivity contribution >= 4 is 46.8 Å². The molecule has 6 atom stereocenters. The standard InChI is InChI=1S/C30H29ClN2O5S/c1-29-14-7-8-17-38-28(37)24(29)23-26(35)33(22(18-34)19-10-3-2-4-11-19)25-27(36)32(16-9-15-30(23,25)39-29)21-13-6-5-12-20(21)31/h2-7,9-15,22-25,34H,8,16-18H2,1H3/t22-,23+,24-,25?,29+,30+/m1/s1. The molecule has 1 N–H and O–H groups in total. The summed E-state index contributed by atoms with van der Waals surface area (Å²) in [4.78, 5) is 45.8. The van der Waals surface area contributed by atoms with Gasteiger partial charge in [0.25, 0.3) is 5.91 Å². The molecule has 2 aromatic rings. The Bertz CT molecular complexity index is 1380. The number of rotatable bonds is 4. The van der Waals surface area contributed by atoms with Gasteiger partial charge in [-0.1, -0.05) is 78.4 Å². The van der Waals surface area contributed by atoms with Gasteiger partial charge in [-0.25, -0.2) is 0 Å². The Balaban J connectivity index is 1.55. The second kappa shape index (κ2) is 9.84. The molecule has 1 spiro atoms. The number of aliphatic hydroxyl groups excluding tert-OH is 1. The number of hydrogen-bond donors (Lipinski definition) is 1. The molecule has 2 saturated heterocycles. The number of likely N-dealkylation sites (tertiary alicyclic amines) is 1. The lowest BCUT2D eigenvalue weighted by Gasteiger charge is -2.40. The van der Waals surface area contributed by atoms with Gasteiger partial charge in [-0.05, 0) is 31.0 Å². The third-order valence-corrected chi connectivity index (χ3v) is 10.4. The second-order valence-electron chi connectivity index (χ2n) is 10.5. The number of ether oxygens (including phenoxy) is 1. The number of carbonyl (C=O) groups is 3. The van der Waals surface area contributed by atoms with Crippen molar-refractivity contribution in [2.45, 2.75) is 34.9 Å². The van der Waals surface area contributed by atoms with Gasteiger partial charge < -0.3 is 19.6 Å². The Hall–Kier alpha value is -3.07. The fourth-order valence-electron chi connectivity index (χ4n) is 6.68. The summed E-state index contributed by atoms with van der Waals surface area (Å²) >= 11 is 8.02. The van der Waals surface area contributed by atoms with Crippen molar-refractivity contribution in [3.63, 3.8) is 0 Å². The number of para-hydroxylation sites is 1. The number of aliphatic hydroxyl groups is 1. The van der Waals surface area contributed by atoms with E-state index in [0.717, 1.165) is 0 Å². The van der Waals surface area contributed by atoms with Gasteiger partial charge in [0.1, 0.15) is 6.04 Å². The minimum atomic E-state index is -1.06. The van der Waals surface area contributed by atoms with E-state index >= 15 is 0 Å². The third-order valence-electron chi connectivity index (χ3n) is 8.29. The molecule has 39 heavy (non-hydrogen) atoms. The number of nitrogens with zero attached hydrogens (tertiary/aromatic N) is 2. The van der Waals surface area contributed by atoms with Crippen LogP contribution in [0.5, 0.6) is 0 Å². The van der Waals surface area contributed by atoms with Gasteiger partial charge in [-0.3, -0.25) is 14.4 Å². The molecule has 0 bridgehead atoms. The molecule has 202 valence electrons. The first kappa shape index (κ1) is 26.2. The Kier molecular flexibility index (Phi) is 6.60. The van der Waals surface area contributed by atoms with Crippen LogP contribution in [-0.4, -0.2) is 63.1 Å². The third kappa shape index (κ3) is 3.95. The molecule has 4 aliphatic rings. The van der Waals surface area contributed by atoms with Crippen LogP contribution in [0.2, 0.25) is 5.02 Å². The Labute approximate surface area is 236 Å². The van der Waals surface area contributed by atoms with Crippen LogP contribution in [0.3, 0.4) is 0 Å². The highest BCUT2D eigenvalue weighted by atomic mass is 35.5. The molecule has 1 unspecified atom stereocenters. The number of anilines is 1. The SMILES string of the molecule is C[C@]12C=CCCOC(=O)[C@H]1[C@H]1C(=O)N([C@H](CO)c3ccccc3)C3C(=O)N(c4ccccc4Cl)CC=C[C@@]31S2. The number of esters is 1. The molecule has 2 aromatic carbocycles. The summed E-state index contributed by atoms with van der Waals surface area (Å²) in [5.41, 5.74) is 1.25. The summed E-state index contributed by atoms with van der Waals surface area (Å²) in [6.45, 7) is 2.07. The summed E-state index contributed by atoms with van der Waals surface area (Å²) in [7, 11) is 0. The Morgan fingerprint density at radius 1 is 1.03 bits per heavy atom. The van der Waals surface area contributed by atoms with Crippen molar-refractivity contribution in [3.05, 3.63) is 89.5 Å². The maximum Gasteiger partial charge on any atom is 0.311 e. The van der Waals surface area contributed by atoms with E-state index in [-0.39, 0.29) is 31.6 Å². The van der Waals surface area contributed by atoms with Crippen LogP contribution in [0.1, 0.15) is 24.9 Å². The number of carbonyl (C=O) groups excluding carboxylic acids is 3. The number of cyclic esters (lactones) is 1. The first-order valence-electron chi connectivity index (χ1n) is 13.1. The molecule has 4 heterocycles. The minimum absolute atomic E-state index is 0.242. The van der Waals surface area contributed by atoms with Gasteiger partial charge in [0.05, 0.1) is 46.5 Å². The predicted octanol–water partition coefficient (Wildman–Crippen LogP) is 4.17. The normalized spacial score (nSPS) is 32.6. The van der Waals surface area contributed by atoms with Gasteiger partial charge in [-0.2, -0.15) is 0 Å². The smallest absolute Gasteiger partial charge is 0.311 e. The van der Waals surface area contributed by atoms with E-state index in [0.29, 0.717) is 22.7 Å². The van der Waals surface area contributed by atoms with Gasteiger partial charge in [0.2, 0.25) is 5.91 Å². The molecule has 0 radical (unpaired) electrons. The highest BCUT2D eigenvalue weighted by Crippen LogP contribution is 2.66.